The third-order valence-corrected chi connectivity index (χ3v) is 6.79. The van der Waals surface area contributed by atoms with Gasteiger partial charge < -0.3 is 14.8 Å². The molecule has 1 atom stereocenters. The molecule has 0 saturated heterocycles. The van der Waals surface area contributed by atoms with E-state index in [4.69, 9.17) is 14.5 Å². The Morgan fingerprint density at radius 2 is 1.33 bits per heavy atom. The number of pyridine rings is 1. The van der Waals surface area contributed by atoms with Crippen LogP contribution in [0.1, 0.15) is 17.3 Å². The number of nitrogens with zero attached hydrogens (tertiary/aromatic N) is 3. The highest BCUT2D eigenvalue weighted by molar-refractivity contribution is 6.15. The molecular formula is C30H24N4O2. The van der Waals surface area contributed by atoms with Gasteiger partial charge in [-0.25, -0.2) is 15.0 Å². The number of fused-ring (bicyclic) bond motifs is 2. The summed E-state index contributed by atoms with van der Waals surface area (Å²) in [7, 11) is 0. The van der Waals surface area contributed by atoms with E-state index in [1.54, 1.807) is 0 Å². The van der Waals surface area contributed by atoms with E-state index in [-0.39, 0.29) is 6.04 Å². The Labute approximate surface area is 208 Å². The van der Waals surface area contributed by atoms with Crippen LogP contribution < -0.4 is 5.32 Å². The first-order valence-electron chi connectivity index (χ1n) is 12.3. The van der Waals surface area contributed by atoms with Crippen molar-refractivity contribution in [3.63, 3.8) is 0 Å². The molecule has 176 valence electrons. The lowest BCUT2D eigenvalue weighted by atomic mass is 9.86. The zero-order valence-electron chi connectivity index (χ0n) is 19.6. The van der Waals surface area contributed by atoms with E-state index in [0.29, 0.717) is 38.1 Å². The molecule has 0 aliphatic carbocycles. The smallest absolute Gasteiger partial charge is 0.235 e. The van der Waals surface area contributed by atoms with Crippen LogP contribution in [-0.2, 0) is 9.47 Å². The number of hydrogen-bond acceptors (Lipinski definition) is 6. The Hall–Kier alpha value is -4.45. The van der Waals surface area contributed by atoms with Crippen molar-refractivity contribution in [2.75, 3.05) is 26.3 Å². The van der Waals surface area contributed by atoms with Crippen molar-refractivity contribution in [1.29, 1.82) is 0 Å². The van der Waals surface area contributed by atoms with Gasteiger partial charge in [0, 0.05) is 5.56 Å². The van der Waals surface area contributed by atoms with Gasteiger partial charge in [0.25, 0.3) is 0 Å². The summed E-state index contributed by atoms with van der Waals surface area (Å²) in [5, 5.41) is 8.36. The molecule has 36 heavy (non-hydrogen) atoms. The zero-order valence-corrected chi connectivity index (χ0v) is 19.6. The summed E-state index contributed by atoms with van der Waals surface area (Å²) in [5.74, 6) is 1.31. The molecule has 4 heterocycles. The molecular weight excluding hydrogens is 448 g/mol. The first kappa shape index (κ1) is 20.9. The van der Waals surface area contributed by atoms with E-state index in [1.165, 1.54) is 16.3 Å². The van der Waals surface area contributed by atoms with E-state index in [9.17, 15) is 0 Å². The minimum absolute atomic E-state index is 0.0266. The van der Waals surface area contributed by atoms with E-state index < -0.39 is 0 Å². The zero-order chi connectivity index (χ0) is 23.9. The second-order valence-electron chi connectivity index (χ2n) is 8.95. The van der Waals surface area contributed by atoms with Crippen molar-refractivity contribution in [2.24, 2.45) is 9.98 Å². The van der Waals surface area contributed by atoms with E-state index >= 15 is 0 Å². The van der Waals surface area contributed by atoms with Gasteiger partial charge in [0.05, 0.1) is 30.5 Å². The molecule has 3 aliphatic heterocycles. The van der Waals surface area contributed by atoms with Gasteiger partial charge in [-0.15, -0.1) is 0 Å². The van der Waals surface area contributed by atoms with Gasteiger partial charge in [0.15, 0.2) is 0 Å². The second-order valence-corrected chi connectivity index (χ2v) is 8.95. The first-order chi connectivity index (χ1) is 17.9. The quantitative estimate of drug-likeness (QED) is 0.407. The fourth-order valence-corrected chi connectivity index (χ4v) is 5.28. The molecule has 0 radical (unpaired) electrons. The molecule has 0 saturated carbocycles. The molecule has 0 fully saturated rings. The van der Waals surface area contributed by atoms with Crippen LogP contribution in [0.15, 0.2) is 101 Å². The minimum Gasteiger partial charge on any atom is -0.474 e. The van der Waals surface area contributed by atoms with Crippen molar-refractivity contribution < 1.29 is 9.47 Å². The molecule has 1 aromatic heterocycles. The second kappa shape index (κ2) is 8.64. The van der Waals surface area contributed by atoms with Crippen LogP contribution in [0.2, 0.25) is 0 Å². The van der Waals surface area contributed by atoms with Gasteiger partial charge in [0.1, 0.15) is 18.9 Å². The fraction of sp³-hybridized carbons (Fsp3) is 0.167. The van der Waals surface area contributed by atoms with Gasteiger partial charge in [-0.1, -0.05) is 66.7 Å². The highest BCUT2D eigenvalue weighted by atomic mass is 16.5. The summed E-state index contributed by atoms with van der Waals surface area (Å²) < 4.78 is 11.4. The van der Waals surface area contributed by atoms with Crippen molar-refractivity contribution >= 4 is 33.3 Å². The van der Waals surface area contributed by atoms with Crippen molar-refractivity contribution in [3.05, 3.63) is 102 Å². The lowest BCUT2D eigenvalue weighted by Gasteiger charge is -2.26. The molecule has 3 aromatic carbocycles. The number of allylic oxidation sites excluding steroid dienone is 2. The largest absolute Gasteiger partial charge is 0.474 e. The summed E-state index contributed by atoms with van der Waals surface area (Å²) in [6.45, 7) is 2.62. The van der Waals surface area contributed by atoms with Crippen molar-refractivity contribution in [2.45, 2.75) is 6.04 Å². The van der Waals surface area contributed by atoms with Crippen LogP contribution in [0.3, 0.4) is 0 Å². The number of ether oxygens (including phenoxy) is 2. The number of rotatable bonds is 4. The van der Waals surface area contributed by atoms with Gasteiger partial charge in [-0.3, -0.25) is 0 Å². The molecule has 6 nitrogen and oxygen atoms in total. The molecule has 1 N–H and O–H groups in total. The normalized spacial score (nSPS) is 18.9. The predicted octanol–water partition coefficient (Wildman–Crippen LogP) is 5.34. The number of aliphatic imine (C=N–C) groups is 2. The maximum Gasteiger partial charge on any atom is 0.235 e. The Morgan fingerprint density at radius 1 is 0.694 bits per heavy atom. The van der Waals surface area contributed by atoms with Gasteiger partial charge in [-0.05, 0) is 45.3 Å². The summed E-state index contributed by atoms with van der Waals surface area (Å²) in [6, 6.07) is 23.2. The van der Waals surface area contributed by atoms with Crippen LogP contribution in [0, 0.1) is 0 Å². The number of aromatic nitrogens is 1. The Kier molecular flexibility index (Phi) is 5.01. The average Bonchev–Trinajstić information content (AvgIpc) is 3.67. The first-order valence-corrected chi connectivity index (χ1v) is 12.3. The Morgan fingerprint density at radius 3 is 2.00 bits per heavy atom. The highest BCUT2D eigenvalue weighted by Crippen LogP contribution is 2.42. The third kappa shape index (κ3) is 3.45. The summed E-state index contributed by atoms with van der Waals surface area (Å²) in [5.41, 5.74) is 4.94. The SMILES string of the molecule is C1=CC(c2c3ccccc3c(-c3cccc(C4=NCCO4)n3)c3ccccc23)NC(C2=NCCO2)=C1. The maximum atomic E-state index is 5.74. The van der Waals surface area contributed by atoms with Crippen LogP contribution in [-0.4, -0.2) is 43.1 Å². The van der Waals surface area contributed by atoms with Gasteiger partial charge in [-0.2, -0.15) is 0 Å². The van der Waals surface area contributed by atoms with E-state index in [1.807, 2.05) is 18.2 Å². The number of benzene rings is 3. The third-order valence-electron chi connectivity index (χ3n) is 6.79. The molecule has 3 aliphatic rings. The molecule has 0 amide bonds. The molecule has 0 spiro atoms. The fourth-order valence-electron chi connectivity index (χ4n) is 5.28. The molecule has 4 aromatic rings. The number of nitrogens with one attached hydrogen (secondary N) is 1. The van der Waals surface area contributed by atoms with Crippen LogP contribution in [0.5, 0.6) is 0 Å². The lowest BCUT2D eigenvalue weighted by Crippen LogP contribution is -2.27. The average molecular weight is 473 g/mol. The highest BCUT2D eigenvalue weighted by Gasteiger charge is 2.25. The molecule has 1 unspecified atom stereocenters. The summed E-state index contributed by atoms with van der Waals surface area (Å²) in [4.78, 5) is 14.0. The van der Waals surface area contributed by atoms with Crippen LogP contribution >= 0.6 is 0 Å². The molecule has 7 rings (SSSR count). The molecule has 0 bridgehead atoms. The predicted molar refractivity (Wildman–Crippen MR) is 143 cm³/mol. The van der Waals surface area contributed by atoms with Crippen LogP contribution in [0.4, 0.5) is 0 Å². The summed E-state index contributed by atoms with van der Waals surface area (Å²) >= 11 is 0. The van der Waals surface area contributed by atoms with Crippen molar-refractivity contribution in [3.8, 4) is 11.3 Å². The van der Waals surface area contributed by atoms with Gasteiger partial charge in [0.2, 0.25) is 11.8 Å². The topological polar surface area (TPSA) is 68.1 Å². The maximum absolute atomic E-state index is 5.74. The van der Waals surface area contributed by atoms with Crippen LogP contribution in [0.25, 0.3) is 32.8 Å². The number of dihydropyridines is 1. The van der Waals surface area contributed by atoms with E-state index in [2.05, 4.69) is 82.1 Å². The number of hydrogen-bond donors (Lipinski definition) is 1. The van der Waals surface area contributed by atoms with Crippen molar-refractivity contribution in [1.82, 2.24) is 10.3 Å². The van der Waals surface area contributed by atoms with Gasteiger partial charge >= 0.3 is 0 Å². The lowest BCUT2D eigenvalue weighted by molar-refractivity contribution is 0.344. The minimum atomic E-state index is -0.0266. The Balaban J connectivity index is 1.44. The summed E-state index contributed by atoms with van der Waals surface area (Å²) in [6.07, 6.45) is 6.31. The van der Waals surface area contributed by atoms with E-state index in [0.717, 1.165) is 33.4 Å². The molecule has 6 heteroatoms. The standard InChI is InChI=1S/C30H24N4O2/c1-2-8-20-19(7-1)27(23-11-5-13-25(33-23)29-31-15-17-35-29)21-9-3-4-10-22(21)28(20)24-12-6-14-26(34-24)30-32-16-18-36-30/h1-14,23,33H,15-18H2. The monoisotopic (exact) mass is 472 g/mol. The Bertz CT molecular complexity index is 1580.